The molecular formula is C18H15N7O2S. The summed E-state index contributed by atoms with van der Waals surface area (Å²) in [6.07, 6.45) is 0. The molecule has 0 aliphatic carbocycles. The minimum atomic E-state index is -0.328. The summed E-state index contributed by atoms with van der Waals surface area (Å²) in [4.78, 5) is 13.8. The van der Waals surface area contributed by atoms with Gasteiger partial charge in [-0.2, -0.15) is 4.80 Å². The molecule has 2 heterocycles. The second-order valence-electron chi connectivity index (χ2n) is 5.69. The van der Waals surface area contributed by atoms with Crippen molar-refractivity contribution in [2.24, 2.45) is 0 Å². The third kappa shape index (κ3) is 4.01. The van der Waals surface area contributed by atoms with Crippen molar-refractivity contribution >= 4 is 22.9 Å². The van der Waals surface area contributed by atoms with Crippen molar-refractivity contribution in [2.45, 2.75) is 6.54 Å². The molecule has 1 N–H and O–H groups in total. The molecule has 4 aromatic rings. The maximum absolute atomic E-state index is 12.3. The summed E-state index contributed by atoms with van der Waals surface area (Å²) in [5.74, 6) is 0.916. The summed E-state index contributed by atoms with van der Waals surface area (Å²) in [7, 11) is 1.59. The number of hydrogen-bond acceptors (Lipinski definition) is 8. The first-order valence-electron chi connectivity index (χ1n) is 8.32. The van der Waals surface area contributed by atoms with Gasteiger partial charge in [-0.3, -0.25) is 4.79 Å². The van der Waals surface area contributed by atoms with Crippen LogP contribution in [0.15, 0.2) is 54.6 Å². The minimum Gasteiger partial charge on any atom is -0.497 e. The van der Waals surface area contributed by atoms with Crippen LogP contribution in [0.25, 0.3) is 11.4 Å². The Bertz CT molecular complexity index is 1080. The molecule has 0 saturated carbocycles. The molecule has 0 atom stereocenters. The summed E-state index contributed by atoms with van der Waals surface area (Å²) in [5, 5.41) is 24.0. The summed E-state index contributed by atoms with van der Waals surface area (Å²) >= 11 is 1.18. The van der Waals surface area contributed by atoms with Gasteiger partial charge >= 0.3 is 0 Å². The second kappa shape index (κ2) is 7.92. The van der Waals surface area contributed by atoms with Gasteiger partial charge in [-0.1, -0.05) is 41.7 Å². The first kappa shape index (κ1) is 17.7. The minimum absolute atomic E-state index is 0.259. The summed E-state index contributed by atoms with van der Waals surface area (Å²) in [5.41, 5.74) is 1.53. The van der Waals surface area contributed by atoms with Gasteiger partial charge in [0.25, 0.3) is 5.91 Å². The Morgan fingerprint density at radius 3 is 2.61 bits per heavy atom. The topological polar surface area (TPSA) is 108 Å². The van der Waals surface area contributed by atoms with Crippen molar-refractivity contribution in [3.05, 3.63) is 64.6 Å². The van der Waals surface area contributed by atoms with E-state index in [1.54, 1.807) is 31.4 Å². The summed E-state index contributed by atoms with van der Waals surface area (Å²) in [6.45, 7) is 0.285. The highest BCUT2D eigenvalue weighted by atomic mass is 32.1. The Kier molecular flexibility index (Phi) is 5.02. The zero-order valence-corrected chi connectivity index (χ0v) is 15.6. The van der Waals surface area contributed by atoms with Crippen LogP contribution in [0.5, 0.6) is 5.75 Å². The Morgan fingerprint density at radius 2 is 1.86 bits per heavy atom. The highest BCUT2D eigenvalue weighted by Crippen LogP contribution is 2.18. The van der Waals surface area contributed by atoms with E-state index in [1.165, 1.54) is 16.1 Å². The fraction of sp³-hybridized carbons (Fsp3) is 0.111. The van der Waals surface area contributed by atoms with Crippen molar-refractivity contribution < 1.29 is 9.53 Å². The van der Waals surface area contributed by atoms with Crippen molar-refractivity contribution in [1.82, 2.24) is 30.4 Å². The number of ether oxygens (including phenoxy) is 1. The van der Waals surface area contributed by atoms with Gasteiger partial charge < -0.3 is 10.1 Å². The van der Waals surface area contributed by atoms with Crippen molar-refractivity contribution in [1.29, 1.82) is 0 Å². The van der Waals surface area contributed by atoms with Crippen molar-refractivity contribution in [3.63, 3.8) is 0 Å². The summed E-state index contributed by atoms with van der Waals surface area (Å²) in [6, 6.07) is 16.6. The summed E-state index contributed by atoms with van der Waals surface area (Å²) < 4.78 is 5.10. The number of benzene rings is 2. The molecular weight excluding hydrogens is 378 g/mol. The van der Waals surface area contributed by atoms with Crippen LogP contribution in [0.3, 0.4) is 0 Å². The van der Waals surface area contributed by atoms with E-state index in [4.69, 9.17) is 4.74 Å². The Morgan fingerprint density at radius 1 is 1.07 bits per heavy atom. The Labute approximate surface area is 164 Å². The van der Waals surface area contributed by atoms with Gasteiger partial charge in [0.2, 0.25) is 10.8 Å². The average molecular weight is 393 g/mol. The SMILES string of the molecule is COc1ccc(NC(=O)c2nnc(Cn3nnc(-c4ccccc4)n3)s2)cc1. The van der Waals surface area contributed by atoms with E-state index in [0.717, 1.165) is 5.56 Å². The Hall–Kier alpha value is -3.66. The molecule has 0 radical (unpaired) electrons. The van der Waals surface area contributed by atoms with E-state index in [2.05, 4.69) is 30.9 Å². The van der Waals surface area contributed by atoms with Gasteiger partial charge in [-0.15, -0.1) is 20.4 Å². The number of carbonyl (C=O) groups is 1. The molecule has 0 saturated heterocycles. The largest absolute Gasteiger partial charge is 0.497 e. The molecule has 0 bridgehead atoms. The van der Waals surface area contributed by atoms with Gasteiger partial charge in [0, 0.05) is 11.3 Å². The number of methoxy groups -OCH3 is 1. The number of carbonyl (C=O) groups excluding carboxylic acids is 1. The van der Waals surface area contributed by atoms with Crippen molar-refractivity contribution in [3.8, 4) is 17.1 Å². The van der Waals surface area contributed by atoms with E-state index in [0.29, 0.717) is 22.3 Å². The highest BCUT2D eigenvalue weighted by molar-refractivity contribution is 7.13. The number of nitrogens with one attached hydrogen (secondary N) is 1. The molecule has 1 amide bonds. The molecule has 2 aromatic heterocycles. The molecule has 0 spiro atoms. The van der Waals surface area contributed by atoms with Gasteiger partial charge in [0.1, 0.15) is 17.3 Å². The molecule has 9 nitrogen and oxygen atoms in total. The third-order valence-electron chi connectivity index (χ3n) is 3.77. The van der Waals surface area contributed by atoms with Crippen LogP contribution in [-0.2, 0) is 6.54 Å². The fourth-order valence-electron chi connectivity index (χ4n) is 2.40. The zero-order valence-electron chi connectivity index (χ0n) is 14.8. The zero-order chi connectivity index (χ0) is 19.3. The lowest BCUT2D eigenvalue weighted by Gasteiger charge is -2.03. The number of tetrazole rings is 1. The van der Waals surface area contributed by atoms with E-state index < -0.39 is 0 Å². The average Bonchev–Trinajstić information content (AvgIpc) is 3.39. The van der Waals surface area contributed by atoms with E-state index in [1.807, 2.05) is 30.3 Å². The van der Waals surface area contributed by atoms with Gasteiger partial charge in [-0.25, -0.2) is 0 Å². The number of anilines is 1. The number of aromatic nitrogens is 6. The standard InChI is InChI=1S/C18H15N7O2S/c1-27-14-9-7-13(8-10-14)19-17(26)18-22-20-15(28-18)11-25-23-16(21-24-25)12-5-3-2-4-6-12/h2-10H,11H2,1H3,(H,19,26). The van der Waals surface area contributed by atoms with Crippen LogP contribution in [0, 0.1) is 0 Å². The molecule has 0 aliphatic heterocycles. The van der Waals surface area contributed by atoms with Crippen molar-refractivity contribution in [2.75, 3.05) is 12.4 Å². The monoisotopic (exact) mass is 393 g/mol. The van der Waals surface area contributed by atoms with Crippen LogP contribution in [-0.4, -0.2) is 43.4 Å². The van der Waals surface area contributed by atoms with Gasteiger partial charge in [0.05, 0.1) is 7.11 Å². The van der Waals surface area contributed by atoms with Crippen LogP contribution >= 0.6 is 11.3 Å². The third-order valence-corrected chi connectivity index (χ3v) is 4.68. The van der Waals surface area contributed by atoms with Crippen LogP contribution in [0.4, 0.5) is 5.69 Å². The highest BCUT2D eigenvalue weighted by Gasteiger charge is 2.15. The predicted octanol–water partition coefficient (Wildman–Crippen LogP) is 2.50. The molecule has 140 valence electrons. The van der Waals surface area contributed by atoms with Gasteiger partial charge in [-0.05, 0) is 29.5 Å². The molecule has 10 heteroatoms. The van der Waals surface area contributed by atoms with Crippen LogP contribution < -0.4 is 10.1 Å². The normalized spacial score (nSPS) is 10.6. The first-order valence-corrected chi connectivity index (χ1v) is 9.14. The van der Waals surface area contributed by atoms with Crippen LogP contribution in [0.2, 0.25) is 0 Å². The van der Waals surface area contributed by atoms with E-state index >= 15 is 0 Å². The number of nitrogens with zero attached hydrogens (tertiary/aromatic N) is 6. The lowest BCUT2D eigenvalue weighted by molar-refractivity contribution is 0.102. The van der Waals surface area contributed by atoms with Gasteiger partial charge in [0.15, 0.2) is 0 Å². The lowest BCUT2D eigenvalue weighted by atomic mass is 10.2. The predicted molar refractivity (Wildman–Crippen MR) is 103 cm³/mol. The quantitative estimate of drug-likeness (QED) is 0.536. The molecule has 0 unspecified atom stereocenters. The van der Waals surface area contributed by atoms with Crippen LogP contribution in [0.1, 0.15) is 14.8 Å². The fourth-order valence-corrected chi connectivity index (χ4v) is 3.11. The molecule has 4 rings (SSSR count). The Balaban J connectivity index is 1.41. The first-order chi connectivity index (χ1) is 13.7. The smallest absolute Gasteiger partial charge is 0.286 e. The molecule has 0 aliphatic rings. The maximum atomic E-state index is 12.3. The molecule has 2 aromatic carbocycles. The second-order valence-corrected chi connectivity index (χ2v) is 6.76. The molecule has 28 heavy (non-hydrogen) atoms. The number of hydrogen-bond donors (Lipinski definition) is 1. The van der Waals surface area contributed by atoms with E-state index in [9.17, 15) is 4.79 Å². The molecule has 0 fully saturated rings. The maximum Gasteiger partial charge on any atom is 0.286 e. The number of rotatable bonds is 6. The van der Waals surface area contributed by atoms with E-state index in [-0.39, 0.29) is 17.5 Å². The lowest BCUT2D eigenvalue weighted by Crippen LogP contribution is -2.11. The number of amides is 1.